The van der Waals surface area contributed by atoms with E-state index >= 15 is 0 Å². The van der Waals surface area contributed by atoms with Gasteiger partial charge in [0.25, 0.3) is 0 Å². The minimum absolute atomic E-state index is 0.0199. The molecule has 14 nitrogen and oxygen atoms in total. The van der Waals surface area contributed by atoms with Crippen molar-refractivity contribution in [3.05, 3.63) is 81.9 Å². The van der Waals surface area contributed by atoms with Gasteiger partial charge in [0.05, 0.1) is 65.5 Å². The van der Waals surface area contributed by atoms with E-state index in [9.17, 15) is 5.11 Å². The van der Waals surface area contributed by atoms with Gasteiger partial charge in [-0.05, 0) is 64.1 Å². The number of aliphatic hydroxyl groups excluding tert-OH is 1. The molecule has 11 rings (SSSR count). The smallest absolute Gasteiger partial charge is 0.164 e. The molecule has 4 aromatic carbocycles. The number of epoxide rings is 1. The zero-order chi connectivity index (χ0) is 43.4. The molecule has 0 spiro atoms. The van der Waals surface area contributed by atoms with E-state index in [-0.39, 0.29) is 30.0 Å². The molecular weight excluding hydrogens is 801 g/mol. The Bertz CT molecular complexity index is 2560. The molecule has 5 atom stereocenters. The van der Waals surface area contributed by atoms with Crippen molar-refractivity contribution in [1.29, 1.82) is 0 Å². The van der Waals surface area contributed by atoms with Crippen LogP contribution >= 0.6 is 0 Å². The average molecular weight is 851 g/mol. The molecule has 7 heterocycles. The third-order valence-electron chi connectivity index (χ3n) is 12.7. The Labute approximate surface area is 359 Å². The summed E-state index contributed by atoms with van der Waals surface area (Å²) in [7, 11) is 9.75. The molecule has 62 heavy (non-hydrogen) atoms. The molecule has 14 heteroatoms. The van der Waals surface area contributed by atoms with Crippen molar-refractivity contribution in [1.82, 2.24) is 0 Å². The molecule has 0 amide bonds. The fraction of sp³-hybridized carbons (Fsp3) is 0.417. The van der Waals surface area contributed by atoms with Crippen molar-refractivity contribution in [3.8, 4) is 57.5 Å². The first-order valence-corrected chi connectivity index (χ1v) is 20.6. The normalized spacial score (nSPS) is 24.2. The summed E-state index contributed by atoms with van der Waals surface area (Å²) in [5.41, 5.74) is 6.01. The Hall–Kier alpha value is -6.12. The van der Waals surface area contributed by atoms with Crippen LogP contribution in [0.25, 0.3) is 22.7 Å². The standard InChI is InChI=1S/C24H24O7.C24H26O7/c1-24(2)23-22(30-23)19-13(31-24)7-6-11-20(27-5)18-12-8-15(25-3)16(26-4)9-14(12)28-10-17(18)29-21(11)19;1-24(2)20(25)9-14-15(31-24)7-6-12-22(14)30-19-11-29-16-10-18(27-4)17(26-3)8-13(16)21(19)23(12)28-5/h6-9,17,22-23H,10H2,1-5H3;6-8,10,19-20,25H,9,11H2,1-5H3/t17-,22?,23?;19-,20?/m11/s1. The lowest BCUT2D eigenvalue weighted by molar-refractivity contribution is -0.0421. The molecule has 1 N–H and O–H groups in total. The SMILES string of the molecule is COC1=C2c3cc(OC)c(OC)cc3OC[C@H]2Oc2c1ccc1c2C2OC2C(C)(C)O1.COC1=C2c3cc(OC)c(OC)cc3OC[C@H]2Oc2c1ccc1c2CC(O)C(C)(C)O1. The predicted octanol–water partition coefficient (Wildman–Crippen LogP) is 7.43. The van der Waals surface area contributed by atoms with E-state index in [1.807, 2.05) is 76.2 Å². The summed E-state index contributed by atoms with van der Waals surface area (Å²) >= 11 is 0. The number of fused-ring (bicyclic) bond motifs is 14. The molecule has 4 aromatic rings. The highest BCUT2D eigenvalue weighted by Crippen LogP contribution is 2.60. The maximum absolute atomic E-state index is 10.6. The highest BCUT2D eigenvalue weighted by atomic mass is 16.6. The summed E-state index contributed by atoms with van der Waals surface area (Å²) in [6.07, 6.45) is -0.918. The van der Waals surface area contributed by atoms with E-state index in [0.717, 1.165) is 67.5 Å². The van der Waals surface area contributed by atoms with Gasteiger partial charge < -0.3 is 66.7 Å². The number of aliphatic hydroxyl groups is 1. The largest absolute Gasteiger partial charge is 0.496 e. The summed E-state index contributed by atoms with van der Waals surface area (Å²) in [4.78, 5) is 0. The zero-order valence-corrected chi connectivity index (χ0v) is 36.4. The highest BCUT2D eigenvalue weighted by Gasteiger charge is 2.59. The molecular formula is C48H50O14. The van der Waals surface area contributed by atoms with Crippen LogP contribution in [0.1, 0.15) is 67.2 Å². The fourth-order valence-electron chi connectivity index (χ4n) is 9.41. The number of hydrogen-bond acceptors (Lipinski definition) is 14. The quantitative estimate of drug-likeness (QED) is 0.192. The second-order valence-electron chi connectivity index (χ2n) is 17.0. The minimum Gasteiger partial charge on any atom is -0.496 e. The van der Waals surface area contributed by atoms with Crippen LogP contribution in [0.15, 0.2) is 48.5 Å². The number of methoxy groups -OCH3 is 6. The van der Waals surface area contributed by atoms with Crippen molar-refractivity contribution in [3.63, 3.8) is 0 Å². The molecule has 3 unspecified atom stereocenters. The highest BCUT2D eigenvalue weighted by molar-refractivity contribution is 5.97. The summed E-state index contributed by atoms with van der Waals surface area (Å²) < 4.78 is 77.0. The van der Waals surface area contributed by atoms with Crippen LogP contribution < -0.4 is 47.4 Å². The van der Waals surface area contributed by atoms with E-state index in [0.29, 0.717) is 65.6 Å². The fourth-order valence-corrected chi connectivity index (χ4v) is 9.41. The van der Waals surface area contributed by atoms with E-state index in [1.165, 1.54) is 0 Å². The first-order chi connectivity index (χ1) is 29.8. The van der Waals surface area contributed by atoms with Crippen molar-refractivity contribution in [2.75, 3.05) is 55.9 Å². The Morgan fingerprint density at radius 3 is 1.56 bits per heavy atom. The Morgan fingerprint density at radius 2 is 1.03 bits per heavy atom. The van der Waals surface area contributed by atoms with Gasteiger partial charge >= 0.3 is 0 Å². The van der Waals surface area contributed by atoms with Crippen LogP contribution in [0.4, 0.5) is 0 Å². The molecule has 0 aromatic heterocycles. The van der Waals surface area contributed by atoms with Crippen LogP contribution in [-0.2, 0) is 20.6 Å². The van der Waals surface area contributed by atoms with Crippen molar-refractivity contribution in [2.24, 2.45) is 0 Å². The van der Waals surface area contributed by atoms with Gasteiger partial charge in [0.2, 0.25) is 0 Å². The molecule has 0 bridgehead atoms. The number of benzene rings is 4. The molecule has 326 valence electrons. The summed E-state index contributed by atoms with van der Waals surface area (Å²) in [6.45, 7) is 8.54. The van der Waals surface area contributed by atoms with Crippen LogP contribution in [0.3, 0.4) is 0 Å². The zero-order valence-electron chi connectivity index (χ0n) is 36.4. The lowest BCUT2D eigenvalue weighted by atomic mass is 9.86. The third kappa shape index (κ3) is 6.04. The monoisotopic (exact) mass is 850 g/mol. The maximum atomic E-state index is 10.6. The summed E-state index contributed by atoms with van der Waals surface area (Å²) in [6, 6.07) is 15.3. The van der Waals surface area contributed by atoms with Gasteiger partial charge in [-0.1, -0.05) is 0 Å². The van der Waals surface area contributed by atoms with Crippen LogP contribution in [0.2, 0.25) is 0 Å². The molecule has 7 aliphatic rings. The topological polar surface area (TPSA) is 144 Å². The second kappa shape index (κ2) is 14.5. The third-order valence-corrected chi connectivity index (χ3v) is 12.7. The molecule has 0 saturated carbocycles. The molecule has 1 fully saturated rings. The van der Waals surface area contributed by atoms with E-state index in [2.05, 4.69) is 0 Å². The Morgan fingerprint density at radius 1 is 0.548 bits per heavy atom. The maximum Gasteiger partial charge on any atom is 0.164 e. The van der Waals surface area contributed by atoms with Crippen LogP contribution in [0.5, 0.6) is 57.5 Å². The van der Waals surface area contributed by atoms with Gasteiger partial charge in [0, 0.05) is 46.4 Å². The van der Waals surface area contributed by atoms with Crippen molar-refractivity contribution < 1.29 is 66.7 Å². The van der Waals surface area contributed by atoms with E-state index < -0.39 is 11.7 Å². The molecule has 7 aliphatic heterocycles. The van der Waals surface area contributed by atoms with Gasteiger partial charge in [0.1, 0.15) is 82.6 Å². The predicted molar refractivity (Wildman–Crippen MR) is 226 cm³/mol. The van der Waals surface area contributed by atoms with Gasteiger partial charge in [-0.15, -0.1) is 0 Å². The molecule has 0 radical (unpaired) electrons. The molecule has 0 aliphatic carbocycles. The minimum atomic E-state index is -0.663. The molecule has 1 saturated heterocycles. The Kier molecular flexibility index (Phi) is 9.34. The second-order valence-corrected chi connectivity index (χ2v) is 17.0. The van der Waals surface area contributed by atoms with Crippen LogP contribution in [-0.4, -0.2) is 96.6 Å². The summed E-state index contributed by atoms with van der Waals surface area (Å²) in [5.74, 6) is 8.23. The van der Waals surface area contributed by atoms with E-state index in [1.54, 1.807) is 42.7 Å². The lowest BCUT2D eigenvalue weighted by Gasteiger charge is -2.40. The van der Waals surface area contributed by atoms with Gasteiger partial charge in [-0.3, -0.25) is 0 Å². The van der Waals surface area contributed by atoms with E-state index in [4.69, 9.17) is 61.6 Å². The first-order valence-electron chi connectivity index (χ1n) is 20.6. The number of hydrogen-bond donors (Lipinski definition) is 1. The first kappa shape index (κ1) is 40.0. The number of ether oxygens (including phenoxy) is 13. The van der Waals surface area contributed by atoms with Gasteiger partial charge in [-0.2, -0.15) is 0 Å². The number of rotatable bonds is 6. The van der Waals surface area contributed by atoms with Gasteiger partial charge in [0.15, 0.2) is 35.2 Å². The Balaban J connectivity index is 0.000000148. The van der Waals surface area contributed by atoms with Crippen LogP contribution in [0, 0.1) is 0 Å². The summed E-state index contributed by atoms with van der Waals surface area (Å²) in [5, 5.41) is 10.6. The van der Waals surface area contributed by atoms with Crippen molar-refractivity contribution in [2.45, 2.75) is 75.8 Å². The van der Waals surface area contributed by atoms with Gasteiger partial charge in [-0.25, -0.2) is 0 Å². The van der Waals surface area contributed by atoms with Crippen molar-refractivity contribution >= 4 is 22.7 Å². The average Bonchev–Trinajstić information content (AvgIpc) is 4.09. The lowest BCUT2D eigenvalue weighted by Crippen LogP contribution is -2.46.